The molecule has 2 amide bonds. The molecule has 0 spiro atoms. The number of hydrogen-bond donors (Lipinski definition) is 0. The van der Waals surface area contributed by atoms with Crippen LogP contribution in [0.1, 0.15) is 39.5 Å². The van der Waals surface area contributed by atoms with Crippen molar-refractivity contribution in [3.63, 3.8) is 0 Å². The average Bonchev–Trinajstić information content (AvgIpc) is 2.83. The molecule has 0 aliphatic carbocycles. The maximum absolute atomic E-state index is 11.4. The summed E-state index contributed by atoms with van der Waals surface area (Å²) in [5.41, 5.74) is 0. The van der Waals surface area contributed by atoms with Gasteiger partial charge in [-0.05, 0) is 13.8 Å². The Kier molecular flexibility index (Phi) is 7.66. The first-order chi connectivity index (χ1) is 11.3. The highest BCUT2D eigenvalue weighted by molar-refractivity contribution is 6.01. The second kappa shape index (κ2) is 9.48. The molecule has 0 N–H and O–H groups in total. The predicted octanol–water partition coefficient (Wildman–Crippen LogP) is 0.479. The van der Waals surface area contributed by atoms with Crippen LogP contribution in [0.4, 0.5) is 4.79 Å². The van der Waals surface area contributed by atoms with Crippen LogP contribution in [0.15, 0.2) is 0 Å². The molecule has 1 rings (SSSR count). The third-order valence-corrected chi connectivity index (χ3v) is 2.79. The molecular formula is C14H19NO9. The van der Waals surface area contributed by atoms with Gasteiger partial charge >= 0.3 is 18.1 Å². The number of imide groups is 1. The van der Waals surface area contributed by atoms with Gasteiger partial charge in [0.15, 0.2) is 0 Å². The summed E-state index contributed by atoms with van der Waals surface area (Å²) < 4.78 is 14.2. The van der Waals surface area contributed by atoms with Crippen LogP contribution in [0.25, 0.3) is 0 Å². The van der Waals surface area contributed by atoms with Crippen molar-refractivity contribution in [1.82, 2.24) is 5.06 Å². The van der Waals surface area contributed by atoms with Gasteiger partial charge in [-0.2, -0.15) is 0 Å². The van der Waals surface area contributed by atoms with Gasteiger partial charge in [-0.3, -0.25) is 24.0 Å². The molecule has 1 heterocycles. The van der Waals surface area contributed by atoms with E-state index in [2.05, 4.69) is 9.57 Å². The summed E-state index contributed by atoms with van der Waals surface area (Å²) in [7, 11) is 0. The van der Waals surface area contributed by atoms with E-state index in [9.17, 15) is 24.0 Å². The second-order valence-electron chi connectivity index (χ2n) is 4.84. The standard InChI is InChI=1S/C14H19NO9/c1-3-21-12(18)6-7-13(19)22-8-9(2)23-14(20)24-15-10(16)4-5-11(15)17/h9H,3-8H2,1-2H3. The van der Waals surface area contributed by atoms with Crippen LogP contribution >= 0.6 is 0 Å². The molecular weight excluding hydrogens is 326 g/mol. The third-order valence-electron chi connectivity index (χ3n) is 2.79. The predicted molar refractivity (Wildman–Crippen MR) is 74.9 cm³/mol. The van der Waals surface area contributed by atoms with E-state index in [4.69, 9.17) is 9.47 Å². The van der Waals surface area contributed by atoms with Crippen LogP contribution in [0, 0.1) is 0 Å². The third kappa shape index (κ3) is 6.63. The monoisotopic (exact) mass is 345 g/mol. The first-order valence-electron chi connectivity index (χ1n) is 7.39. The molecule has 1 aliphatic heterocycles. The van der Waals surface area contributed by atoms with Crippen molar-refractivity contribution in [3.05, 3.63) is 0 Å². The lowest BCUT2D eigenvalue weighted by Gasteiger charge is -2.16. The van der Waals surface area contributed by atoms with Gasteiger partial charge in [0.1, 0.15) is 12.7 Å². The molecule has 1 aliphatic rings. The fourth-order valence-corrected chi connectivity index (χ4v) is 1.67. The fraction of sp³-hybridized carbons (Fsp3) is 0.643. The van der Waals surface area contributed by atoms with E-state index in [0.717, 1.165) is 0 Å². The quantitative estimate of drug-likeness (QED) is 0.350. The number of nitrogens with zero attached hydrogens (tertiary/aromatic N) is 1. The van der Waals surface area contributed by atoms with Crippen LogP contribution in [0.2, 0.25) is 0 Å². The van der Waals surface area contributed by atoms with E-state index in [-0.39, 0.29) is 38.9 Å². The van der Waals surface area contributed by atoms with Crippen LogP contribution in [0.3, 0.4) is 0 Å². The summed E-state index contributed by atoms with van der Waals surface area (Å²) in [6.45, 7) is 3.03. The number of ether oxygens (including phenoxy) is 3. The van der Waals surface area contributed by atoms with Crippen molar-refractivity contribution in [2.75, 3.05) is 13.2 Å². The lowest BCUT2D eigenvalue weighted by atomic mass is 10.3. The molecule has 1 unspecified atom stereocenters. The van der Waals surface area contributed by atoms with Crippen LogP contribution in [0.5, 0.6) is 0 Å². The summed E-state index contributed by atoms with van der Waals surface area (Å²) >= 11 is 0. The van der Waals surface area contributed by atoms with Gasteiger partial charge < -0.3 is 14.2 Å². The highest BCUT2D eigenvalue weighted by atomic mass is 16.8. The Morgan fingerprint density at radius 2 is 1.58 bits per heavy atom. The van der Waals surface area contributed by atoms with Gasteiger partial charge in [-0.25, -0.2) is 4.79 Å². The Hall–Kier alpha value is -2.65. The summed E-state index contributed by atoms with van der Waals surface area (Å²) in [5.74, 6) is -2.43. The number of carbonyl (C=O) groups excluding carboxylic acids is 5. The SMILES string of the molecule is CCOC(=O)CCC(=O)OCC(C)OC(=O)ON1C(=O)CCC1=O. The lowest BCUT2D eigenvalue weighted by molar-refractivity contribution is -0.179. The normalized spacial score (nSPS) is 15.0. The molecule has 1 fully saturated rings. The van der Waals surface area contributed by atoms with Gasteiger partial charge in [0, 0.05) is 12.8 Å². The summed E-state index contributed by atoms with van der Waals surface area (Å²) in [4.78, 5) is 60.9. The summed E-state index contributed by atoms with van der Waals surface area (Å²) in [6, 6.07) is 0. The van der Waals surface area contributed by atoms with Crippen LogP contribution in [-0.4, -0.2) is 54.3 Å². The van der Waals surface area contributed by atoms with Crippen molar-refractivity contribution in [2.24, 2.45) is 0 Å². The lowest BCUT2D eigenvalue weighted by Crippen LogP contribution is -2.34. The van der Waals surface area contributed by atoms with E-state index in [0.29, 0.717) is 5.06 Å². The van der Waals surface area contributed by atoms with Gasteiger partial charge in [0.05, 0.1) is 19.4 Å². The Labute approximate surface area is 137 Å². The maximum Gasteiger partial charge on any atom is 0.534 e. The molecule has 0 bridgehead atoms. The summed E-state index contributed by atoms with van der Waals surface area (Å²) in [5, 5.41) is 0.348. The Balaban J connectivity index is 2.23. The molecule has 10 nitrogen and oxygen atoms in total. The highest BCUT2D eigenvalue weighted by Gasteiger charge is 2.33. The minimum Gasteiger partial charge on any atom is -0.466 e. The smallest absolute Gasteiger partial charge is 0.466 e. The largest absolute Gasteiger partial charge is 0.534 e. The zero-order valence-corrected chi connectivity index (χ0v) is 13.4. The van der Waals surface area contributed by atoms with Crippen LogP contribution < -0.4 is 0 Å². The molecule has 0 radical (unpaired) electrons. The molecule has 134 valence electrons. The van der Waals surface area contributed by atoms with Crippen LogP contribution in [-0.2, 0) is 38.2 Å². The topological polar surface area (TPSA) is 126 Å². The Morgan fingerprint density at radius 1 is 1.04 bits per heavy atom. The summed E-state index contributed by atoms with van der Waals surface area (Å²) in [6.07, 6.45) is -2.44. The molecule has 24 heavy (non-hydrogen) atoms. The number of amides is 2. The van der Waals surface area contributed by atoms with Crippen molar-refractivity contribution in [1.29, 1.82) is 0 Å². The zero-order chi connectivity index (χ0) is 18.1. The van der Waals surface area contributed by atoms with E-state index in [1.807, 2.05) is 0 Å². The highest BCUT2D eigenvalue weighted by Crippen LogP contribution is 2.13. The number of carbonyl (C=O) groups is 5. The van der Waals surface area contributed by atoms with Crippen molar-refractivity contribution in [2.45, 2.75) is 45.6 Å². The molecule has 0 aromatic rings. The Morgan fingerprint density at radius 3 is 2.12 bits per heavy atom. The van der Waals surface area contributed by atoms with Gasteiger partial charge in [-0.1, -0.05) is 5.06 Å². The van der Waals surface area contributed by atoms with Gasteiger partial charge in [-0.15, -0.1) is 0 Å². The number of hydroxylamine groups is 2. The average molecular weight is 345 g/mol. The number of hydrogen-bond acceptors (Lipinski definition) is 9. The first-order valence-corrected chi connectivity index (χ1v) is 7.39. The zero-order valence-electron chi connectivity index (χ0n) is 13.4. The van der Waals surface area contributed by atoms with E-state index in [1.54, 1.807) is 6.92 Å². The van der Waals surface area contributed by atoms with Gasteiger partial charge in [0.25, 0.3) is 11.8 Å². The molecule has 1 saturated heterocycles. The van der Waals surface area contributed by atoms with E-state index in [1.165, 1.54) is 6.92 Å². The minimum atomic E-state index is -1.26. The molecule has 0 aromatic carbocycles. The van der Waals surface area contributed by atoms with Crippen molar-refractivity contribution >= 4 is 29.9 Å². The first kappa shape index (κ1) is 19.4. The fourth-order valence-electron chi connectivity index (χ4n) is 1.67. The second-order valence-corrected chi connectivity index (χ2v) is 4.84. The maximum atomic E-state index is 11.4. The molecule has 0 saturated carbocycles. The number of esters is 2. The van der Waals surface area contributed by atoms with E-state index < -0.39 is 36.0 Å². The minimum absolute atomic E-state index is 0.0280. The van der Waals surface area contributed by atoms with E-state index >= 15 is 0 Å². The van der Waals surface area contributed by atoms with Crippen molar-refractivity contribution in [3.8, 4) is 0 Å². The Bertz CT molecular complexity index is 500. The van der Waals surface area contributed by atoms with Gasteiger partial charge in [0.2, 0.25) is 0 Å². The van der Waals surface area contributed by atoms with Crippen molar-refractivity contribution < 1.29 is 43.0 Å². The molecule has 10 heteroatoms. The number of rotatable bonds is 8. The molecule has 0 aromatic heterocycles. The molecule has 1 atom stereocenters.